The number of rotatable bonds is 7. The van der Waals surface area contributed by atoms with Crippen LogP contribution < -0.4 is 10.5 Å². The quantitative estimate of drug-likeness (QED) is 0.842. The summed E-state index contributed by atoms with van der Waals surface area (Å²) in [6, 6.07) is 5.40. The molecule has 0 bridgehead atoms. The molecule has 1 amide bonds. The lowest BCUT2D eigenvalue weighted by Gasteiger charge is -2.24. The van der Waals surface area contributed by atoms with Crippen molar-refractivity contribution in [3.05, 3.63) is 28.8 Å². The van der Waals surface area contributed by atoms with Crippen molar-refractivity contribution in [2.75, 3.05) is 13.1 Å². The highest BCUT2D eigenvalue weighted by atomic mass is 35.5. The fourth-order valence-electron chi connectivity index (χ4n) is 2.20. The molecule has 0 fully saturated rings. The minimum Gasteiger partial charge on any atom is -0.481 e. The number of amides is 1. The molecule has 0 aliphatic heterocycles. The summed E-state index contributed by atoms with van der Waals surface area (Å²) in [5.41, 5.74) is 6.78. The molecule has 0 aliphatic carbocycles. The predicted octanol–water partition coefficient (Wildman–Crippen LogP) is 2.87. The van der Waals surface area contributed by atoms with Gasteiger partial charge in [0.25, 0.3) is 5.91 Å². The summed E-state index contributed by atoms with van der Waals surface area (Å²) in [5.74, 6) is 0.659. The Balaban J connectivity index is 2.88. The van der Waals surface area contributed by atoms with Crippen molar-refractivity contribution in [3.63, 3.8) is 0 Å². The van der Waals surface area contributed by atoms with Crippen LogP contribution >= 0.6 is 11.6 Å². The molecular weight excluding hydrogens is 288 g/mol. The Morgan fingerprint density at radius 1 is 1.33 bits per heavy atom. The zero-order valence-corrected chi connectivity index (χ0v) is 14.0. The van der Waals surface area contributed by atoms with Gasteiger partial charge in [0.1, 0.15) is 5.75 Å². The lowest BCUT2D eigenvalue weighted by molar-refractivity contribution is -0.137. The van der Waals surface area contributed by atoms with Gasteiger partial charge in [-0.2, -0.15) is 0 Å². The zero-order valence-electron chi connectivity index (χ0n) is 13.2. The number of ether oxygens (including phenoxy) is 1. The molecule has 0 aromatic heterocycles. The molecule has 1 rings (SSSR count). The first kappa shape index (κ1) is 17.8. The van der Waals surface area contributed by atoms with Crippen LogP contribution in [0.3, 0.4) is 0 Å². The highest BCUT2D eigenvalue weighted by Gasteiger charge is 2.21. The molecular formula is C16H25ClN2O2. The van der Waals surface area contributed by atoms with Crippen LogP contribution in [-0.2, 0) is 11.2 Å². The molecule has 2 unspecified atom stereocenters. The number of carbonyl (C=O) groups is 1. The fourth-order valence-corrected chi connectivity index (χ4v) is 2.40. The van der Waals surface area contributed by atoms with Crippen molar-refractivity contribution in [2.45, 2.75) is 46.3 Å². The molecule has 4 nitrogen and oxygen atoms in total. The Bertz CT molecular complexity index is 473. The molecule has 0 spiro atoms. The molecule has 0 saturated heterocycles. The Labute approximate surface area is 132 Å². The van der Waals surface area contributed by atoms with Gasteiger partial charge in [0.2, 0.25) is 0 Å². The van der Waals surface area contributed by atoms with Gasteiger partial charge in [0, 0.05) is 24.2 Å². The molecule has 0 saturated carbocycles. The van der Waals surface area contributed by atoms with Gasteiger partial charge < -0.3 is 15.4 Å². The first-order valence-corrected chi connectivity index (χ1v) is 7.76. The third kappa shape index (κ3) is 5.21. The maximum Gasteiger partial charge on any atom is 0.263 e. The van der Waals surface area contributed by atoms with Crippen LogP contribution in [-0.4, -0.2) is 36.0 Å². The first-order valence-electron chi connectivity index (χ1n) is 7.38. The number of nitrogens with zero attached hydrogens (tertiary/aromatic N) is 1. The minimum atomic E-state index is -0.530. The molecule has 1 aromatic rings. The second-order valence-electron chi connectivity index (χ2n) is 5.20. The number of nitrogens with two attached hydrogens (primary N) is 1. The van der Waals surface area contributed by atoms with E-state index in [0.29, 0.717) is 30.3 Å². The van der Waals surface area contributed by atoms with E-state index in [1.165, 1.54) is 0 Å². The Morgan fingerprint density at radius 2 is 1.95 bits per heavy atom. The number of benzene rings is 1. The molecule has 118 valence electrons. The van der Waals surface area contributed by atoms with Crippen LogP contribution in [0.4, 0.5) is 0 Å². The number of hydrogen-bond donors (Lipinski definition) is 1. The smallest absolute Gasteiger partial charge is 0.263 e. The average Bonchev–Trinajstić information content (AvgIpc) is 2.42. The van der Waals surface area contributed by atoms with Crippen LogP contribution in [0.25, 0.3) is 0 Å². The van der Waals surface area contributed by atoms with E-state index in [1.807, 2.05) is 26.8 Å². The van der Waals surface area contributed by atoms with E-state index in [2.05, 4.69) is 0 Å². The SMILES string of the molecule is CCN(CC)C(=O)C(C)Oc1ccc(Cl)cc1CC(C)N. The number of hydrogen-bond acceptors (Lipinski definition) is 3. The maximum absolute atomic E-state index is 12.3. The van der Waals surface area contributed by atoms with Gasteiger partial charge in [-0.3, -0.25) is 4.79 Å². The van der Waals surface area contributed by atoms with E-state index in [1.54, 1.807) is 24.0 Å². The summed E-state index contributed by atoms with van der Waals surface area (Å²) in [7, 11) is 0. The van der Waals surface area contributed by atoms with Crippen LogP contribution in [0.5, 0.6) is 5.75 Å². The molecule has 0 radical (unpaired) electrons. The minimum absolute atomic E-state index is 0.000364. The van der Waals surface area contributed by atoms with Crippen LogP contribution in [0, 0.1) is 0 Å². The summed E-state index contributed by atoms with van der Waals surface area (Å²) in [5, 5.41) is 0.640. The van der Waals surface area contributed by atoms with Gasteiger partial charge in [-0.05, 0) is 57.9 Å². The van der Waals surface area contributed by atoms with Crippen molar-refractivity contribution < 1.29 is 9.53 Å². The second-order valence-corrected chi connectivity index (χ2v) is 5.64. The summed E-state index contributed by atoms with van der Waals surface area (Å²) in [4.78, 5) is 14.0. The van der Waals surface area contributed by atoms with Crippen molar-refractivity contribution in [2.24, 2.45) is 5.73 Å². The van der Waals surface area contributed by atoms with Crippen molar-refractivity contribution in [1.82, 2.24) is 4.90 Å². The highest BCUT2D eigenvalue weighted by molar-refractivity contribution is 6.30. The van der Waals surface area contributed by atoms with E-state index in [0.717, 1.165) is 5.56 Å². The number of carbonyl (C=O) groups excluding carboxylic acids is 1. The summed E-state index contributed by atoms with van der Waals surface area (Å²) >= 11 is 6.02. The molecule has 21 heavy (non-hydrogen) atoms. The Kier molecular flexibility index (Phi) is 6.99. The van der Waals surface area contributed by atoms with Crippen LogP contribution in [0.1, 0.15) is 33.3 Å². The maximum atomic E-state index is 12.3. The Morgan fingerprint density at radius 3 is 2.48 bits per heavy atom. The lowest BCUT2D eigenvalue weighted by Crippen LogP contribution is -2.40. The highest BCUT2D eigenvalue weighted by Crippen LogP contribution is 2.25. The largest absolute Gasteiger partial charge is 0.481 e. The third-order valence-corrected chi connectivity index (χ3v) is 3.53. The fraction of sp³-hybridized carbons (Fsp3) is 0.562. The monoisotopic (exact) mass is 312 g/mol. The molecule has 2 N–H and O–H groups in total. The standard InChI is InChI=1S/C16H25ClN2O2/c1-5-19(6-2)16(20)12(4)21-15-8-7-14(17)10-13(15)9-11(3)18/h7-8,10-12H,5-6,9,18H2,1-4H3. The van der Waals surface area contributed by atoms with Gasteiger partial charge in [-0.15, -0.1) is 0 Å². The van der Waals surface area contributed by atoms with E-state index in [-0.39, 0.29) is 11.9 Å². The average molecular weight is 313 g/mol. The molecule has 5 heteroatoms. The van der Waals surface area contributed by atoms with Crippen molar-refractivity contribution in [1.29, 1.82) is 0 Å². The van der Waals surface area contributed by atoms with Crippen LogP contribution in [0.15, 0.2) is 18.2 Å². The van der Waals surface area contributed by atoms with Gasteiger partial charge in [-0.25, -0.2) is 0 Å². The zero-order chi connectivity index (χ0) is 16.0. The topological polar surface area (TPSA) is 55.6 Å². The van der Waals surface area contributed by atoms with Gasteiger partial charge in [0.15, 0.2) is 6.10 Å². The van der Waals surface area contributed by atoms with Crippen molar-refractivity contribution in [3.8, 4) is 5.75 Å². The Hall–Kier alpha value is -1.26. The van der Waals surface area contributed by atoms with Gasteiger partial charge in [0.05, 0.1) is 0 Å². The first-order chi connectivity index (χ1) is 9.88. The third-order valence-electron chi connectivity index (χ3n) is 3.29. The number of halogens is 1. The second kappa shape index (κ2) is 8.25. The van der Waals surface area contributed by atoms with Gasteiger partial charge in [-0.1, -0.05) is 11.6 Å². The lowest BCUT2D eigenvalue weighted by atomic mass is 10.1. The van der Waals surface area contributed by atoms with E-state index < -0.39 is 6.10 Å². The molecule has 0 aliphatic rings. The van der Waals surface area contributed by atoms with Gasteiger partial charge >= 0.3 is 0 Å². The summed E-state index contributed by atoms with van der Waals surface area (Å²) in [6.07, 6.45) is 0.125. The van der Waals surface area contributed by atoms with Crippen molar-refractivity contribution >= 4 is 17.5 Å². The predicted molar refractivity (Wildman–Crippen MR) is 86.8 cm³/mol. The van der Waals surface area contributed by atoms with E-state index >= 15 is 0 Å². The normalized spacial score (nSPS) is 13.6. The van der Waals surface area contributed by atoms with E-state index in [4.69, 9.17) is 22.1 Å². The van der Waals surface area contributed by atoms with Crippen LogP contribution in [0.2, 0.25) is 5.02 Å². The summed E-state index contributed by atoms with van der Waals surface area (Å²) < 4.78 is 5.84. The van der Waals surface area contributed by atoms with E-state index in [9.17, 15) is 4.79 Å². The molecule has 0 heterocycles. The summed E-state index contributed by atoms with van der Waals surface area (Å²) in [6.45, 7) is 8.96. The molecule has 2 atom stereocenters. The molecule has 1 aromatic carbocycles. The number of likely N-dealkylation sites (N-methyl/N-ethyl adjacent to an activating group) is 1.